The van der Waals surface area contributed by atoms with E-state index in [0.29, 0.717) is 17.4 Å². The van der Waals surface area contributed by atoms with E-state index in [4.69, 9.17) is 11.6 Å². The van der Waals surface area contributed by atoms with Gasteiger partial charge in [0.15, 0.2) is 0 Å². The molecule has 1 aromatic rings. The fraction of sp³-hybridized carbons (Fsp3) is 0.583. The number of nitrogens with zero attached hydrogens (tertiary/aromatic N) is 1. The van der Waals surface area contributed by atoms with Gasteiger partial charge >= 0.3 is 6.18 Å². The Balaban J connectivity index is 1.91. The lowest BCUT2D eigenvalue weighted by Gasteiger charge is -2.24. The number of aromatic nitrogens is 1. The van der Waals surface area contributed by atoms with Crippen LogP contribution in [-0.4, -0.2) is 36.4 Å². The molecule has 3 nitrogen and oxygen atoms in total. The van der Waals surface area contributed by atoms with Crippen molar-refractivity contribution in [3.8, 4) is 0 Å². The molecule has 0 aliphatic carbocycles. The molecule has 0 saturated carbocycles. The number of pyridine rings is 1. The van der Waals surface area contributed by atoms with Crippen LogP contribution in [-0.2, 0) is 11.9 Å². The molecule has 0 bridgehead atoms. The van der Waals surface area contributed by atoms with Gasteiger partial charge in [-0.1, -0.05) is 11.6 Å². The van der Waals surface area contributed by atoms with E-state index in [1.54, 1.807) is 11.8 Å². The first-order valence-corrected chi connectivity index (χ1v) is 7.73. The summed E-state index contributed by atoms with van der Waals surface area (Å²) >= 11 is 7.40. The molecule has 1 aliphatic heterocycles. The minimum absolute atomic E-state index is 0.139. The van der Waals surface area contributed by atoms with E-state index >= 15 is 0 Å². The van der Waals surface area contributed by atoms with Crippen LogP contribution in [0.15, 0.2) is 12.3 Å². The normalized spacial score (nSPS) is 20.1. The van der Waals surface area contributed by atoms with Crippen molar-refractivity contribution < 1.29 is 13.2 Å². The number of piperazine rings is 1. The fourth-order valence-electron chi connectivity index (χ4n) is 1.89. The summed E-state index contributed by atoms with van der Waals surface area (Å²) in [4.78, 5) is 3.62. The van der Waals surface area contributed by atoms with E-state index in [0.717, 1.165) is 37.7 Å². The molecule has 1 saturated heterocycles. The fourth-order valence-corrected chi connectivity index (χ4v) is 3.22. The quantitative estimate of drug-likeness (QED) is 0.834. The second kappa shape index (κ2) is 6.98. The number of rotatable bonds is 4. The third-order valence-electron chi connectivity index (χ3n) is 2.94. The second-order valence-corrected chi connectivity index (χ2v) is 5.93. The van der Waals surface area contributed by atoms with Crippen molar-refractivity contribution in [2.75, 3.05) is 25.4 Å². The predicted molar refractivity (Wildman–Crippen MR) is 75.1 cm³/mol. The summed E-state index contributed by atoms with van der Waals surface area (Å²) in [6.45, 7) is 2.74. The largest absolute Gasteiger partial charge is 0.417 e. The van der Waals surface area contributed by atoms with Gasteiger partial charge in [-0.15, -0.1) is 0 Å². The first-order chi connectivity index (χ1) is 9.47. The lowest BCUT2D eigenvalue weighted by Crippen LogP contribution is -2.49. The zero-order valence-corrected chi connectivity index (χ0v) is 12.2. The lowest BCUT2D eigenvalue weighted by atomic mass is 10.2. The predicted octanol–water partition coefficient (Wildman–Crippen LogP) is 2.55. The molecular formula is C12H15ClF3N3S. The number of thioether (sulfide) groups is 1. The van der Waals surface area contributed by atoms with Gasteiger partial charge in [-0.2, -0.15) is 24.9 Å². The molecule has 112 valence electrons. The monoisotopic (exact) mass is 325 g/mol. The third-order valence-corrected chi connectivity index (χ3v) is 4.43. The number of halogens is 4. The van der Waals surface area contributed by atoms with Gasteiger partial charge in [-0.25, -0.2) is 4.98 Å². The number of hydrogen-bond donors (Lipinski definition) is 2. The van der Waals surface area contributed by atoms with E-state index in [9.17, 15) is 13.2 Å². The van der Waals surface area contributed by atoms with Crippen LogP contribution in [0.5, 0.6) is 0 Å². The Morgan fingerprint density at radius 3 is 2.85 bits per heavy atom. The van der Waals surface area contributed by atoms with E-state index in [1.165, 1.54) is 0 Å². The maximum atomic E-state index is 12.6. The average Bonchev–Trinajstić information content (AvgIpc) is 2.41. The van der Waals surface area contributed by atoms with Crippen LogP contribution in [0.1, 0.15) is 11.1 Å². The molecule has 2 heterocycles. The highest BCUT2D eigenvalue weighted by Gasteiger charge is 2.31. The maximum absolute atomic E-state index is 12.6. The van der Waals surface area contributed by atoms with Crippen LogP contribution >= 0.6 is 23.4 Å². The van der Waals surface area contributed by atoms with Gasteiger partial charge in [0.05, 0.1) is 5.56 Å². The minimum atomic E-state index is -4.38. The van der Waals surface area contributed by atoms with E-state index in [2.05, 4.69) is 15.6 Å². The SMILES string of the molecule is FC(F)(F)c1cnc(Cl)c(CSC[C@H]2CNCCN2)c1. The first kappa shape index (κ1) is 15.9. The van der Waals surface area contributed by atoms with Crippen molar-refractivity contribution in [2.24, 2.45) is 0 Å². The summed E-state index contributed by atoms with van der Waals surface area (Å²) in [6.07, 6.45) is -3.62. The van der Waals surface area contributed by atoms with E-state index < -0.39 is 11.7 Å². The molecule has 1 atom stereocenters. The molecule has 0 aromatic carbocycles. The minimum Gasteiger partial charge on any atom is -0.314 e. The number of alkyl halides is 3. The Bertz CT molecular complexity index is 450. The van der Waals surface area contributed by atoms with Crippen molar-refractivity contribution in [1.29, 1.82) is 0 Å². The first-order valence-electron chi connectivity index (χ1n) is 6.20. The topological polar surface area (TPSA) is 37.0 Å². The van der Waals surface area contributed by atoms with Gasteiger partial charge < -0.3 is 10.6 Å². The zero-order valence-electron chi connectivity index (χ0n) is 10.6. The molecule has 0 unspecified atom stereocenters. The molecule has 20 heavy (non-hydrogen) atoms. The molecule has 8 heteroatoms. The van der Waals surface area contributed by atoms with Crippen molar-refractivity contribution in [1.82, 2.24) is 15.6 Å². The lowest BCUT2D eigenvalue weighted by molar-refractivity contribution is -0.137. The number of nitrogens with one attached hydrogen (secondary N) is 2. The maximum Gasteiger partial charge on any atom is 0.417 e. The molecular weight excluding hydrogens is 311 g/mol. The van der Waals surface area contributed by atoms with Crippen LogP contribution < -0.4 is 10.6 Å². The summed E-state index contributed by atoms with van der Waals surface area (Å²) in [5.74, 6) is 1.24. The van der Waals surface area contributed by atoms with Gasteiger partial charge in [0.1, 0.15) is 5.15 Å². The summed E-state index contributed by atoms with van der Waals surface area (Å²) in [5, 5.41) is 6.74. The molecule has 1 aliphatic rings. The van der Waals surface area contributed by atoms with Gasteiger partial charge in [0.25, 0.3) is 0 Å². The molecule has 1 fully saturated rings. The van der Waals surface area contributed by atoms with E-state index in [-0.39, 0.29) is 5.15 Å². The third kappa shape index (κ3) is 4.51. The highest BCUT2D eigenvalue weighted by atomic mass is 35.5. The summed E-state index contributed by atoms with van der Waals surface area (Å²) in [7, 11) is 0. The van der Waals surface area contributed by atoms with Crippen molar-refractivity contribution in [3.05, 3.63) is 28.5 Å². The Labute approximate surface area is 124 Å². The van der Waals surface area contributed by atoms with Gasteiger partial charge in [-0.3, -0.25) is 0 Å². The Morgan fingerprint density at radius 1 is 1.40 bits per heavy atom. The Kier molecular flexibility index (Phi) is 5.54. The molecule has 0 radical (unpaired) electrons. The summed E-state index contributed by atoms with van der Waals surface area (Å²) < 4.78 is 37.8. The molecule has 0 amide bonds. The Morgan fingerprint density at radius 2 is 2.20 bits per heavy atom. The highest BCUT2D eigenvalue weighted by molar-refractivity contribution is 7.98. The van der Waals surface area contributed by atoms with Crippen LogP contribution in [0, 0.1) is 0 Å². The van der Waals surface area contributed by atoms with Crippen molar-refractivity contribution >= 4 is 23.4 Å². The summed E-state index contributed by atoms with van der Waals surface area (Å²) in [5.41, 5.74) is -0.329. The van der Waals surface area contributed by atoms with Gasteiger partial charge in [-0.05, 0) is 11.6 Å². The summed E-state index contributed by atoms with van der Waals surface area (Å²) in [6, 6.07) is 1.42. The highest BCUT2D eigenvalue weighted by Crippen LogP contribution is 2.31. The second-order valence-electron chi connectivity index (χ2n) is 4.54. The van der Waals surface area contributed by atoms with Crippen LogP contribution in [0.4, 0.5) is 13.2 Å². The van der Waals surface area contributed by atoms with Gasteiger partial charge in [0, 0.05) is 43.4 Å². The average molecular weight is 326 g/mol. The molecule has 2 rings (SSSR count). The van der Waals surface area contributed by atoms with E-state index in [1.807, 2.05) is 0 Å². The van der Waals surface area contributed by atoms with Gasteiger partial charge in [0.2, 0.25) is 0 Å². The molecule has 0 spiro atoms. The number of hydrogen-bond acceptors (Lipinski definition) is 4. The standard InChI is InChI=1S/C12H15ClF3N3S/c13-11-8(3-9(4-19-11)12(14,15)16)6-20-7-10-5-17-1-2-18-10/h3-4,10,17-18H,1-2,5-7H2/t10-/m1/s1. The van der Waals surface area contributed by atoms with Crippen LogP contribution in [0.3, 0.4) is 0 Å². The zero-order chi connectivity index (χ0) is 14.6. The molecule has 1 aromatic heterocycles. The van der Waals surface area contributed by atoms with Crippen molar-refractivity contribution in [2.45, 2.75) is 18.0 Å². The van der Waals surface area contributed by atoms with Crippen LogP contribution in [0.25, 0.3) is 0 Å². The van der Waals surface area contributed by atoms with Crippen molar-refractivity contribution in [3.63, 3.8) is 0 Å². The smallest absolute Gasteiger partial charge is 0.314 e. The molecule has 2 N–H and O–H groups in total. The Hall–Kier alpha value is -0.500. The van der Waals surface area contributed by atoms with Crippen LogP contribution in [0.2, 0.25) is 5.15 Å².